The third kappa shape index (κ3) is 5.50. The van der Waals surface area contributed by atoms with Gasteiger partial charge < -0.3 is 4.74 Å². The molecule has 2 amide bonds. The summed E-state index contributed by atoms with van der Waals surface area (Å²) in [4.78, 5) is 36.9. The van der Waals surface area contributed by atoms with Gasteiger partial charge in [-0.2, -0.15) is 0 Å². The summed E-state index contributed by atoms with van der Waals surface area (Å²) in [6.45, 7) is 0.482. The summed E-state index contributed by atoms with van der Waals surface area (Å²) in [5.74, 6) is 0.270. The minimum Gasteiger partial charge on any atom is -0.488 e. The Bertz CT molecular complexity index is 1250. The van der Waals surface area contributed by atoms with Gasteiger partial charge in [-0.15, -0.1) is 0 Å². The SMILES string of the molecule is O=C1S/C(=C\c2ccc(OCc3ccccc3)c(Br)c2)C(=O)N1Cc1ccc([N+](=O)[O-])cc1. The molecular formula is C24H17BrN2O5S. The van der Waals surface area contributed by atoms with Gasteiger partial charge in [0.2, 0.25) is 0 Å². The molecule has 0 atom stereocenters. The van der Waals surface area contributed by atoms with Crippen LogP contribution in [0.1, 0.15) is 16.7 Å². The molecule has 1 fully saturated rings. The smallest absolute Gasteiger partial charge is 0.293 e. The molecule has 1 aliphatic rings. The fraction of sp³-hybridized carbons (Fsp3) is 0.0833. The van der Waals surface area contributed by atoms with Gasteiger partial charge in [0.15, 0.2) is 0 Å². The maximum absolute atomic E-state index is 12.8. The second-order valence-electron chi connectivity index (χ2n) is 7.16. The first-order valence-electron chi connectivity index (χ1n) is 9.86. The number of carbonyl (C=O) groups is 2. The zero-order valence-electron chi connectivity index (χ0n) is 17.1. The van der Waals surface area contributed by atoms with Crippen molar-refractivity contribution in [2.75, 3.05) is 0 Å². The van der Waals surface area contributed by atoms with Crippen LogP contribution in [0.5, 0.6) is 5.75 Å². The van der Waals surface area contributed by atoms with Crippen molar-refractivity contribution in [3.05, 3.63) is 109 Å². The predicted octanol–water partition coefficient (Wildman–Crippen LogP) is 6.17. The largest absolute Gasteiger partial charge is 0.488 e. The number of nitro benzene ring substituents is 1. The van der Waals surface area contributed by atoms with E-state index >= 15 is 0 Å². The molecule has 0 aromatic heterocycles. The Morgan fingerprint density at radius 3 is 2.39 bits per heavy atom. The summed E-state index contributed by atoms with van der Waals surface area (Å²) in [5.41, 5.74) is 2.38. The van der Waals surface area contributed by atoms with Gasteiger partial charge in [0, 0.05) is 12.1 Å². The summed E-state index contributed by atoms with van der Waals surface area (Å²) in [6.07, 6.45) is 1.66. The molecule has 1 saturated heterocycles. The lowest BCUT2D eigenvalue weighted by Gasteiger charge is -2.12. The number of nitrogens with zero attached hydrogens (tertiary/aromatic N) is 2. The molecule has 1 heterocycles. The first-order valence-corrected chi connectivity index (χ1v) is 11.5. The Hall–Kier alpha value is -3.43. The van der Waals surface area contributed by atoms with E-state index in [9.17, 15) is 19.7 Å². The average Bonchev–Trinajstić information content (AvgIpc) is 3.07. The maximum atomic E-state index is 12.8. The summed E-state index contributed by atoms with van der Waals surface area (Å²) >= 11 is 4.36. The van der Waals surface area contributed by atoms with Crippen LogP contribution in [0.25, 0.3) is 6.08 Å². The molecule has 3 aromatic rings. The minimum atomic E-state index is -0.497. The van der Waals surface area contributed by atoms with Crippen molar-refractivity contribution >= 4 is 50.6 Å². The number of rotatable bonds is 7. The van der Waals surface area contributed by atoms with E-state index < -0.39 is 10.8 Å². The molecule has 0 saturated carbocycles. The fourth-order valence-corrected chi connectivity index (χ4v) is 4.50. The Labute approximate surface area is 202 Å². The molecule has 0 N–H and O–H groups in total. The molecule has 9 heteroatoms. The predicted molar refractivity (Wildman–Crippen MR) is 130 cm³/mol. The lowest BCUT2D eigenvalue weighted by molar-refractivity contribution is -0.384. The summed E-state index contributed by atoms with van der Waals surface area (Å²) in [7, 11) is 0. The van der Waals surface area contributed by atoms with E-state index in [-0.39, 0.29) is 17.5 Å². The third-order valence-electron chi connectivity index (χ3n) is 4.85. The molecule has 166 valence electrons. The number of thioether (sulfide) groups is 1. The molecular weight excluding hydrogens is 508 g/mol. The van der Waals surface area contributed by atoms with Crippen LogP contribution in [-0.4, -0.2) is 21.0 Å². The number of ether oxygens (including phenoxy) is 1. The summed E-state index contributed by atoms with van der Waals surface area (Å²) in [5, 5.41) is 10.4. The van der Waals surface area contributed by atoms with E-state index in [1.807, 2.05) is 42.5 Å². The number of halogens is 1. The second kappa shape index (κ2) is 10.0. The van der Waals surface area contributed by atoms with Crippen molar-refractivity contribution in [1.82, 2.24) is 4.90 Å². The highest BCUT2D eigenvalue weighted by Gasteiger charge is 2.35. The fourth-order valence-electron chi connectivity index (χ4n) is 3.15. The molecule has 33 heavy (non-hydrogen) atoms. The minimum absolute atomic E-state index is 0.0467. The number of imide groups is 1. The Morgan fingerprint density at radius 2 is 1.73 bits per heavy atom. The Balaban J connectivity index is 1.44. The molecule has 0 spiro atoms. The molecule has 0 aliphatic carbocycles. The van der Waals surface area contributed by atoms with Gasteiger partial charge in [0.1, 0.15) is 12.4 Å². The Kier molecular flexibility index (Phi) is 6.90. The van der Waals surface area contributed by atoms with Crippen LogP contribution in [-0.2, 0) is 17.9 Å². The standard InChI is InChI=1S/C24H17BrN2O5S/c25-20-12-18(8-11-21(20)32-15-17-4-2-1-3-5-17)13-22-23(28)26(24(29)33-22)14-16-6-9-19(10-7-16)27(30)31/h1-13H,14-15H2/b22-13-. The van der Waals surface area contributed by atoms with E-state index in [1.165, 1.54) is 24.3 Å². The first-order chi connectivity index (χ1) is 15.9. The average molecular weight is 525 g/mol. The topological polar surface area (TPSA) is 89.8 Å². The van der Waals surface area contributed by atoms with E-state index in [2.05, 4.69) is 15.9 Å². The van der Waals surface area contributed by atoms with Gasteiger partial charge in [-0.25, -0.2) is 0 Å². The van der Waals surface area contributed by atoms with Gasteiger partial charge in [0.25, 0.3) is 16.8 Å². The second-order valence-corrected chi connectivity index (χ2v) is 9.00. The van der Waals surface area contributed by atoms with Gasteiger partial charge in [-0.05, 0) is 62.6 Å². The summed E-state index contributed by atoms with van der Waals surface area (Å²) in [6, 6.07) is 21.0. The third-order valence-corrected chi connectivity index (χ3v) is 6.38. The van der Waals surface area contributed by atoms with Crippen LogP contribution >= 0.6 is 27.7 Å². The molecule has 0 radical (unpaired) electrons. The number of non-ortho nitro benzene ring substituents is 1. The number of hydrogen-bond acceptors (Lipinski definition) is 6. The van der Waals surface area contributed by atoms with E-state index in [0.717, 1.165) is 32.3 Å². The van der Waals surface area contributed by atoms with Crippen LogP contribution in [0.3, 0.4) is 0 Å². The lowest BCUT2D eigenvalue weighted by Crippen LogP contribution is -2.27. The molecule has 7 nitrogen and oxygen atoms in total. The van der Waals surface area contributed by atoms with Gasteiger partial charge in [-0.1, -0.05) is 48.5 Å². The highest BCUT2D eigenvalue weighted by molar-refractivity contribution is 9.10. The van der Waals surface area contributed by atoms with Crippen molar-refractivity contribution in [2.24, 2.45) is 0 Å². The number of benzene rings is 3. The van der Waals surface area contributed by atoms with E-state index in [1.54, 1.807) is 12.1 Å². The van der Waals surface area contributed by atoms with Crippen molar-refractivity contribution < 1.29 is 19.2 Å². The normalized spacial score (nSPS) is 14.7. The van der Waals surface area contributed by atoms with E-state index in [4.69, 9.17) is 4.74 Å². The van der Waals surface area contributed by atoms with E-state index in [0.29, 0.717) is 22.8 Å². The van der Waals surface area contributed by atoms with Crippen molar-refractivity contribution in [1.29, 1.82) is 0 Å². The van der Waals surface area contributed by atoms with Crippen LogP contribution in [0, 0.1) is 10.1 Å². The molecule has 4 rings (SSSR count). The van der Waals surface area contributed by atoms with Crippen molar-refractivity contribution in [2.45, 2.75) is 13.2 Å². The number of nitro groups is 1. The number of amides is 2. The molecule has 1 aliphatic heterocycles. The van der Waals surface area contributed by atoms with Crippen LogP contribution in [0.2, 0.25) is 0 Å². The summed E-state index contributed by atoms with van der Waals surface area (Å²) < 4.78 is 6.58. The highest BCUT2D eigenvalue weighted by atomic mass is 79.9. The Morgan fingerprint density at radius 1 is 1.00 bits per heavy atom. The van der Waals surface area contributed by atoms with Crippen LogP contribution in [0.4, 0.5) is 10.5 Å². The highest BCUT2D eigenvalue weighted by Crippen LogP contribution is 2.35. The van der Waals surface area contributed by atoms with Crippen LogP contribution < -0.4 is 4.74 Å². The maximum Gasteiger partial charge on any atom is 0.293 e. The monoisotopic (exact) mass is 524 g/mol. The van der Waals surface area contributed by atoms with Gasteiger partial charge in [-0.3, -0.25) is 24.6 Å². The zero-order chi connectivity index (χ0) is 23.4. The number of carbonyl (C=O) groups excluding carboxylic acids is 2. The molecule has 0 bridgehead atoms. The lowest BCUT2D eigenvalue weighted by atomic mass is 10.2. The first kappa shape index (κ1) is 22.8. The van der Waals surface area contributed by atoms with Crippen molar-refractivity contribution in [3.63, 3.8) is 0 Å². The molecule has 0 unspecified atom stereocenters. The number of hydrogen-bond donors (Lipinski definition) is 0. The van der Waals surface area contributed by atoms with Crippen molar-refractivity contribution in [3.8, 4) is 5.75 Å². The van der Waals surface area contributed by atoms with Gasteiger partial charge in [0.05, 0.1) is 20.8 Å². The molecule has 3 aromatic carbocycles. The van der Waals surface area contributed by atoms with Crippen LogP contribution in [0.15, 0.2) is 82.2 Å². The zero-order valence-corrected chi connectivity index (χ0v) is 19.5. The quantitative estimate of drug-likeness (QED) is 0.208. The van der Waals surface area contributed by atoms with Gasteiger partial charge >= 0.3 is 0 Å².